The van der Waals surface area contributed by atoms with E-state index < -0.39 is 29.9 Å². The number of nitrogens with zero attached hydrogens (tertiary/aromatic N) is 5. The van der Waals surface area contributed by atoms with Gasteiger partial charge in [0, 0.05) is 80.7 Å². The van der Waals surface area contributed by atoms with E-state index in [0.29, 0.717) is 118 Å². The number of carbonyl (C=O) groups is 3. The Morgan fingerprint density at radius 2 is 1.45 bits per heavy atom. The molecule has 1 fully saturated rings. The maximum atomic E-state index is 14.3. The lowest BCUT2D eigenvalue weighted by Crippen LogP contribution is -2.55. The number of thiazole rings is 1. The summed E-state index contributed by atoms with van der Waals surface area (Å²) >= 11 is 7.50. The fraction of sp³-hybridized carbons (Fsp3) is 0.467. The molecule has 0 aliphatic carbocycles. The van der Waals surface area contributed by atoms with Gasteiger partial charge in [-0.1, -0.05) is 55.8 Å². The zero-order valence-corrected chi connectivity index (χ0v) is 48.4. The lowest BCUT2D eigenvalue weighted by atomic mass is 10.0. The Morgan fingerprint density at radius 3 is 2.10 bits per heavy atom. The van der Waals surface area contributed by atoms with Gasteiger partial charge in [-0.05, 0) is 86.1 Å². The molecule has 0 spiro atoms. The van der Waals surface area contributed by atoms with Crippen molar-refractivity contribution in [1.82, 2.24) is 30.1 Å². The molecule has 19 nitrogen and oxygen atoms in total. The van der Waals surface area contributed by atoms with E-state index in [-0.39, 0.29) is 55.5 Å². The van der Waals surface area contributed by atoms with Crippen LogP contribution in [-0.2, 0) is 46.4 Å². The molecule has 3 atom stereocenters. The number of hydrogen-bond donors (Lipinski definition) is 3. The number of benzene rings is 4. The number of carbonyl (C=O) groups excluding carboxylic acids is 3. The maximum Gasteiger partial charge on any atom is 0.255 e. The first kappa shape index (κ1) is 61.5. The average Bonchev–Trinajstić information content (AvgIpc) is 4.28. The third-order valence-electron chi connectivity index (χ3n) is 13.9. The van der Waals surface area contributed by atoms with Gasteiger partial charge in [-0.25, -0.2) is 19.3 Å². The molecule has 0 bridgehead atoms. The first-order chi connectivity index (χ1) is 39.9. The number of unbranched alkanes of at least 4 members (excludes halogenated alkanes) is 2. The Kier molecular flexibility index (Phi) is 23.4. The van der Waals surface area contributed by atoms with E-state index in [1.807, 2.05) is 57.2 Å². The molecule has 6 aromatic rings. The summed E-state index contributed by atoms with van der Waals surface area (Å²) in [6, 6.07) is 19.3. The fourth-order valence-electron chi connectivity index (χ4n) is 9.74. The van der Waals surface area contributed by atoms with Crippen molar-refractivity contribution in [2.45, 2.75) is 84.2 Å². The molecule has 3 amide bonds. The number of aryl methyl sites for hydroxylation is 1. The van der Waals surface area contributed by atoms with Crippen molar-refractivity contribution in [3.63, 3.8) is 0 Å². The summed E-state index contributed by atoms with van der Waals surface area (Å²) in [6.07, 6.45) is 4.16. The van der Waals surface area contributed by atoms with Gasteiger partial charge in [0.15, 0.2) is 11.5 Å². The molecule has 82 heavy (non-hydrogen) atoms. The molecular weight excluding hydrogens is 1100 g/mol. The minimum absolute atomic E-state index is 0.00132. The van der Waals surface area contributed by atoms with Crippen LogP contribution in [0.25, 0.3) is 21.3 Å². The van der Waals surface area contributed by atoms with Crippen molar-refractivity contribution >= 4 is 63.1 Å². The van der Waals surface area contributed by atoms with Crippen LogP contribution < -0.4 is 24.8 Å². The molecule has 4 heterocycles. The molecule has 2 aromatic heterocycles. The highest BCUT2D eigenvalue weighted by molar-refractivity contribution is 7.13. The predicted molar refractivity (Wildman–Crippen MR) is 310 cm³/mol. The number of methoxy groups -OCH3 is 1. The van der Waals surface area contributed by atoms with E-state index in [4.69, 9.17) is 49.5 Å². The molecule has 22 heteroatoms. The van der Waals surface area contributed by atoms with Crippen LogP contribution in [0.15, 0.2) is 84.6 Å². The van der Waals surface area contributed by atoms with Gasteiger partial charge in [0.05, 0.1) is 79.5 Å². The van der Waals surface area contributed by atoms with Crippen molar-refractivity contribution < 1.29 is 61.8 Å². The van der Waals surface area contributed by atoms with Crippen LogP contribution >= 0.6 is 22.9 Å². The molecule has 0 saturated carbocycles. The highest BCUT2D eigenvalue weighted by Crippen LogP contribution is 2.36. The molecule has 440 valence electrons. The van der Waals surface area contributed by atoms with Gasteiger partial charge in [0.1, 0.15) is 49.0 Å². The zero-order valence-electron chi connectivity index (χ0n) is 46.9. The van der Waals surface area contributed by atoms with Crippen LogP contribution in [-0.4, -0.2) is 159 Å². The minimum Gasteiger partial charge on any atom is -0.493 e. The second kappa shape index (κ2) is 31.2. The molecule has 4 aromatic carbocycles. The van der Waals surface area contributed by atoms with Gasteiger partial charge < -0.3 is 63.4 Å². The third kappa shape index (κ3) is 16.8. The Morgan fingerprint density at radius 1 is 0.793 bits per heavy atom. The Bertz CT molecular complexity index is 3060. The zero-order chi connectivity index (χ0) is 57.8. The van der Waals surface area contributed by atoms with Crippen LogP contribution in [0.3, 0.4) is 0 Å². The van der Waals surface area contributed by atoms with Crippen LogP contribution in [0.2, 0.25) is 5.02 Å². The highest BCUT2D eigenvalue weighted by Gasteiger charge is 2.46. The monoisotopic (exact) mass is 1170 g/mol. The highest BCUT2D eigenvalue weighted by atomic mass is 35.5. The maximum absolute atomic E-state index is 14.3. The standard InChI is InChI=1S/C60H73ClFN7O12S/c1-39(2)55(69-35-43-11-5-6-12-46(43)59(69)72)60(73)68-36-45(70)31-51(68)58(71)63-34-42-14-13-41(56-40(3)66-38-82-56)29-52(42)80-27-25-78-23-21-76-19-9-7-17-75-18-8-10-20-77-22-24-79-26-28-81-54-32-47-50(33-53(54)74-4)64-37-65-57(47)67-44-15-16-49(62)48(61)30-44/h5-6,11-16,29-30,32-33,37-39,45,51,55,70H,7-10,17-28,31,34-36H2,1-4H3,(H,63,71)(H,64,65,67)/t45-,51+,55+/m1/s1. The third-order valence-corrected chi connectivity index (χ3v) is 15.2. The molecule has 1 saturated heterocycles. The molecule has 8 rings (SSSR count). The second-order valence-corrected chi connectivity index (χ2v) is 21.4. The van der Waals surface area contributed by atoms with E-state index in [0.717, 1.165) is 52.9 Å². The predicted octanol–water partition coefficient (Wildman–Crippen LogP) is 8.97. The number of rotatable bonds is 34. The number of aliphatic hydroxyl groups is 1. The van der Waals surface area contributed by atoms with E-state index >= 15 is 0 Å². The summed E-state index contributed by atoms with van der Waals surface area (Å²) in [5.41, 5.74) is 7.01. The summed E-state index contributed by atoms with van der Waals surface area (Å²) in [5, 5.41) is 17.6. The number of hydrogen-bond acceptors (Lipinski definition) is 17. The van der Waals surface area contributed by atoms with Crippen LogP contribution in [0.5, 0.6) is 17.2 Å². The van der Waals surface area contributed by atoms with Crippen molar-refractivity contribution in [1.29, 1.82) is 0 Å². The number of likely N-dealkylation sites (tertiary alicyclic amines) is 1. The number of fused-ring (bicyclic) bond motifs is 2. The number of amides is 3. The van der Waals surface area contributed by atoms with Crippen molar-refractivity contribution in [2.75, 3.05) is 98.3 Å². The van der Waals surface area contributed by atoms with Gasteiger partial charge in [-0.3, -0.25) is 14.4 Å². The summed E-state index contributed by atoms with van der Waals surface area (Å²) < 4.78 is 60.3. The summed E-state index contributed by atoms with van der Waals surface area (Å²) in [7, 11) is 1.56. The molecule has 2 aliphatic heterocycles. The first-order valence-electron chi connectivity index (χ1n) is 27.8. The molecular formula is C60H73ClFN7O12S. The number of β-amino-alcohol motifs (C(OH)–C–C–N with tert-alkyl or cyclic N) is 1. The number of anilines is 2. The molecule has 3 N–H and O–H groups in total. The van der Waals surface area contributed by atoms with E-state index in [2.05, 4.69) is 25.6 Å². The fourth-order valence-corrected chi connectivity index (χ4v) is 10.7. The number of aromatic nitrogens is 3. The van der Waals surface area contributed by atoms with Gasteiger partial charge in [0.25, 0.3) is 5.91 Å². The lowest BCUT2D eigenvalue weighted by Gasteiger charge is -2.35. The number of aliphatic hydroxyl groups excluding tert-OH is 1. The normalized spacial score (nSPS) is 15.3. The second-order valence-electron chi connectivity index (χ2n) is 20.2. The quantitative estimate of drug-likeness (QED) is 0.0322. The Hall–Kier alpha value is -6.56. The van der Waals surface area contributed by atoms with Crippen LogP contribution in [0.1, 0.15) is 73.1 Å². The van der Waals surface area contributed by atoms with Crippen molar-refractivity contribution in [3.8, 4) is 27.7 Å². The lowest BCUT2D eigenvalue weighted by molar-refractivity contribution is -0.143. The molecule has 0 radical (unpaired) electrons. The minimum atomic E-state index is -0.911. The Balaban J connectivity index is 0.652. The Labute approximate surface area is 486 Å². The number of halogens is 2. The number of ether oxygens (including phenoxy) is 8. The number of nitrogens with one attached hydrogen (secondary N) is 2. The van der Waals surface area contributed by atoms with Crippen LogP contribution in [0.4, 0.5) is 15.9 Å². The van der Waals surface area contributed by atoms with Gasteiger partial charge >= 0.3 is 0 Å². The van der Waals surface area contributed by atoms with Gasteiger partial charge in [-0.2, -0.15) is 0 Å². The van der Waals surface area contributed by atoms with Gasteiger partial charge in [-0.15, -0.1) is 11.3 Å². The first-order valence-corrected chi connectivity index (χ1v) is 29.0. The summed E-state index contributed by atoms with van der Waals surface area (Å²) in [5.74, 6) is 0.389. The van der Waals surface area contributed by atoms with Crippen LogP contribution in [0, 0.1) is 18.7 Å². The topological polar surface area (TPSA) is 214 Å². The SMILES string of the molecule is COc1cc2ncnc(Nc3ccc(F)c(Cl)c3)c2cc1OCCOCCOCCCCOCCCCOCCOCCOc1cc(-c2scnc2C)ccc1CNC(=O)[C@@H]1C[C@@H](O)CN1C(=O)[C@H](C(C)C)N1Cc2ccccc2C1=O. The summed E-state index contributed by atoms with van der Waals surface area (Å²) in [4.78, 5) is 58.7. The van der Waals surface area contributed by atoms with Crippen molar-refractivity contribution in [2.24, 2.45) is 5.92 Å². The largest absolute Gasteiger partial charge is 0.493 e. The van der Waals surface area contributed by atoms with E-state index in [1.54, 1.807) is 41.8 Å². The smallest absolute Gasteiger partial charge is 0.255 e. The van der Waals surface area contributed by atoms with E-state index in [9.17, 15) is 23.9 Å². The average molecular weight is 1170 g/mol. The molecule has 0 unspecified atom stereocenters. The van der Waals surface area contributed by atoms with Gasteiger partial charge in [0.2, 0.25) is 11.8 Å². The van der Waals surface area contributed by atoms with E-state index in [1.165, 1.54) is 34.7 Å². The summed E-state index contributed by atoms with van der Waals surface area (Å²) in [6.45, 7) is 11.6. The van der Waals surface area contributed by atoms with Crippen molar-refractivity contribution in [3.05, 3.63) is 118 Å². The molecule has 2 aliphatic rings.